The molecule has 3 rings (SSSR count). The minimum Gasteiger partial charge on any atom is -0.369 e. The average molecular weight is 354 g/mol. The van der Waals surface area contributed by atoms with Crippen molar-refractivity contribution in [3.05, 3.63) is 23.3 Å². The van der Waals surface area contributed by atoms with Gasteiger partial charge in [0.25, 0.3) is 0 Å². The van der Waals surface area contributed by atoms with Gasteiger partial charge in [-0.1, -0.05) is 0 Å². The van der Waals surface area contributed by atoms with Crippen LogP contribution in [0.3, 0.4) is 0 Å². The Morgan fingerprint density at radius 2 is 1.88 bits per heavy atom. The van der Waals surface area contributed by atoms with Gasteiger partial charge in [-0.25, -0.2) is 22.7 Å². The molecule has 1 aromatic heterocycles. The molecule has 0 saturated carbocycles. The number of morpholine rings is 1. The van der Waals surface area contributed by atoms with Gasteiger partial charge in [-0.15, -0.1) is 0 Å². The van der Waals surface area contributed by atoms with Crippen LogP contribution in [0.1, 0.15) is 36.2 Å². The van der Waals surface area contributed by atoms with E-state index in [4.69, 9.17) is 4.74 Å². The summed E-state index contributed by atoms with van der Waals surface area (Å²) < 4.78 is 30.8. The number of hydrogen-bond acceptors (Lipinski definition) is 6. The molecule has 1 aromatic rings. The van der Waals surface area contributed by atoms with E-state index in [1.165, 1.54) is 6.26 Å². The van der Waals surface area contributed by atoms with Gasteiger partial charge in [0.05, 0.1) is 18.6 Å². The van der Waals surface area contributed by atoms with Gasteiger partial charge in [0.1, 0.15) is 11.9 Å². The lowest BCUT2D eigenvalue weighted by molar-refractivity contribution is -0.0529. The third kappa shape index (κ3) is 4.11. The highest BCUT2D eigenvalue weighted by molar-refractivity contribution is 7.88. The first-order valence-corrected chi connectivity index (χ1v) is 10.3. The first-order valence-electron chi connectivity index (χ1n) is 8.46. The average Bonchev–Trinajstić information content (AvgIpc) is 2.53. The Morgan fingerprint density at radius 1 is 1.17 bits per heavy atom. The Balaban J connectivity index is 1.64. The van der Waals surface area contributed by atoms with Crippen molar-refractivity contribution in [1.82, 2.24) is 19.2 Å². The van der Waals surface area contributed by atoms with E-state index in [9.17, 15) is 8.42 Å². The monoisotopic (exact) mass is 354 g/mol. The molecule has 0 bridgehead atoms. The van der Waals surface area contributed by atoms with Crippen molar-refractivity contribution in [2.24, 2.45) is 0 Å². The van der Waals surface area contributed by atoms with Crippen molar-refractivity contribution in [2.45, 2.75) is 38.8 Å². The van der Waals surface area contributed by atoms with Crippen LogP contribution in [-0.4, -0.2) is 72.7 Å². The summed E-state index contributed by atoms with van der Waals surface area (Å²) in [7, 11) is -3.07. The Hall–Kier alpha value is -1.09. The molecule has 8 heteroatoms. The third-order valence-corrected chi connectivity index (χ3v) is 6.13. The number of ether oxygens (including phenoxy) is 1. The van der Waals surface area contributed by atoms with Crippen LogP contribution in [0.2, 0.25) is 0 Å². The van der Waals surface area contributed by atoms with Crippen LogP contribution in [0.4, 0.5) is 0 Å². The molecule has 0 aromatic carbocycles. The maximum Gasteiger partial charge on any atom is 0.211 e. The van der Waals surface area contributed by atoms with Crippen molar-refractivity contribution < 1.29 is 13.2 Å². The van der Waals surface area contributed by atoms with Gasteiger partial charge in [-0.05, 0) is 32.8 Å². The van der Waals surface area contributed by atoms with Crippen molar-refractivity contribution in [3.63, 3.8) is 0 Å². The van der Waals surface area contributed by atoms with Gasteiger partial charge < -0.3 is 4.74 Å². The van der Waals surface area contributed by atoms with E-state index in [1.54, 1.807) is 4.31 Å². The highest BCUT2D eigenvalue weighted by Crippen LogP contribution is 2.26. The Kier molecular flexibility index (Phi) is 5.19. The summed E-state index contributed by atoms with van der Waals surface area (Å²) in [4.78, 5) is 11.3. The number of aromatic nitrogens is 2. The van der Waals surface area contributed by atoms with E-state index in [0.717, 1.165) is 43.1 Å². The topological polar surface area (TPSA) is 75.6 Å². The Labute approximate surface area is 144 Å². The SMILES string of the molecule is Cc1cc(C2CN(C3CCN(S(C)(=O)=O)CC3)CCO2)nc(C)n1. The lowest BCUT2D eigenvalue weighted by atomic mass is 10.0. The van der Waals surface area contributed by atoms with Gasteiger partial charge in [-0.2, -0.15) is 0 Å². The second-order valence-electron chi connectivity index (χ2n) is 6.73. The first kappa shape index (κ1) is 17.7. The molecule has 0 spiro atoms. The van der Waals surface area contributed by atoms with Gasteiger partial charge in [0.2, 0.25) is 10.0 Å². The van der Waals surface area contributed by atoms with E-state index in [0.29, 0.717) is 25.7 Å². The quantitative estimate of drug-likeness (QED) is 0.802. The van der Waals surface area contributed by atoms with Gasteiger partial charge >= 0.3 is 0 Å². The predicted molar refractivity (Wildman–Crippen MR) is 91.2 cm³/mol. The van der Waals surface area contributed by atoms with Crippen molar-refractivity contribution >= 4 is 10.0 Å². The predicted octanol–water partition coefficient (Wildman–Crippen LogP) is 0.891. The standard InChI is InChI=1S/C16H26N4O3S/c1-12-10-15(18-13(2)17-12)16-11-19(8-9-23-16)14-4-6-20(7-5-14)24(3,21)22/h10,14,16H,4-9,11H2,1-3H3. The van der Waals surface area contributed by atoms with Crippen LogP contribution in [0.5, 0.6) is 0 Å². The van der Waals surface area contributed by atoms with E-state index in [2.05, 4.69) is 14.9 Å². The van der Waals surface area contributed by atoms with E-state index in [1.807, 2.05) is 19.9 Å². The second-order valence-corrected chi connectivity index (χ2v) is 8.71. The third-order valence-electron chi connectivity index (χ3n) is 4.82. The summed E-state index contributed by atoms with van der Waals surface area (Å²) in [6.07, 6.45) is 3.01. The Morgan fingerprint density at radius 3 is 2.50 bits per heavy atom. The first-order chi connectivity index (χ1) is 11.3. The number of hydrogen-bond donors (Lipinski definition) is 0. The van der Waals surface area contributed by atoms with E-state index >= 15 is 0 Å². The van der Waals surface area contributed by atoms with Gasteiger partial charge in [0, 0.05) is 37.9 Å². The normalized spacial score (nSPS) is 25.0. The van der Waals surface area contributed by atoms with Crippen molar-refractivity contribution in [3.8, 4) is 0 Å². The van der Waals surface area contributed by atoms with E-state index in [-0.39, 0.29) is 6.10 Å². The highest BCUT2D eigenvalue weighted by Gasteiger charge is 2.32. The molecule has 0 radical (unpaired) electrons. The van der Waals surface area contributed by atoms with Gasteiger partial charge in [-0.3, -0.25) is 4.90 Å². The highest BCUT2D eigenvalue weighted by atomic mass is 32.2. The number of rotatable bonds is 3. The summed E-state index contributed by atoms with van der Waals surface area (Å²) in [5, 5.41) is 0. The van der Waals surface area contributed by atoms with E-state index < -0.39 is 10.0 Å². The summed E-state index contributed by atoms with van der Waals surface area (Å²) >= 11 is 0. The Bertz CT molecular complexity index is 666. The molecular weight excluding hydrogens is 328 g/mol. The molecule has 24 heavy (non-hydrogen) atoms. The lowest BCUT2D eigenvalue weighted by Crippen LogP contribution is -2.50. The number of sulfonamides is 1. The maximum atomic E-state index is 11.6. The molecule has 1 atom stereocenters. The minimum atomic E-state index is -3.07. The molecule has 2 aliphatic rings. The lowest BCUT2D eigenvalue weighted by Gasteiger charge is -2.41. The maximum absolute atomic E-state index is 11.6. The summed E-state index contributed by atoms with van der Waals surface area (Å²) in [5.74, 6) is 0.771. The molecule has 0 amide bonds. The molecule has 134 valence electrons. The van der Waals surface area contributed by atoms with Crippen molar-refractivity contribution in [1.29, 1.82) is 0 Å². The largest absolute Gasteiger partial charge is 0.369 e. The zero-order valence-electron chi connectivity index (χ0n) is 14.6. The van der Waals surface area contributed by atoms with Crippen molar-refractivity contribution in [2.75, 3.05) is 39.0 Å². The van der Waals surface area contributed by atoms with Crippen LogP contribution >= 0.6 is 0 Å². The zero-order chi connectivity index (χ0) is 17.3. The van der Waals surface area contributed by atoms with Crippen LogP contribution in [0.15, 0.2) is 6.07 Å². The molecule has 2 aliphatic heterocycles. The smallest absolute Gasteiger partial charge is 0.211 e. The number of aryl methyl sites for hydroxylation is 2. The summed E-state index contributed by atoms with van der Waals surface area (Å²) in [6, 6.07) is 2.41. The molecule has 3 heterocycles. The van der Waals surface area contributed by atoms with Crippen LogP contribution in [-0.2, 0) is 14.8 Å². The summed E-state index contributed by atoms with van der Waals surface area (Å²) in [5.41, 5.74) is 1.90. The van der Waals surface area contributed by atoms with Crippen LogP contribution in [0.25, 0.3) is 0 Å². The molecule has 7 nitrogen and oxygen atoms in total. The van der Waals surface area contributed by atoms with Crippen LogP contribution < -0.4 is 0 Å². The van der Waals surface area contributed by atoms with Gasteiger partial charge in [0.15, 0.2) is 0 Å². The molecule has 2 fully saturated rings. The fraction of sp³-hybridized carbons (Fsp3) is 0.750. The molecule has 0 aliphatic carbocycles. The number of piperidine rings is 1. The fourth-order valence-electron chi connectivity index (χ4n) is 3.63. The minimum absolute atomic E-state index is 0.0351. The molecule has 2 saturated heterocycles. The number of nitrogens with zero attached hydrogens (tertiary/aromatic N) is 4. The molecule has 1 unspecified atom stereocenters. The molecule has 0 N–H and O–H groups in total. The fourth-order valence-corrected chi connectivity index (χ4v) is 4.50. The summed E-state index contributed by atoms with van der Waals surface area (Å²) in [6.45, 7) is 7.47. The zero-order valence-corrected chi connectivity index (χ0v) is 15.4. The second kappa shape index (κ2) is 7.03. The van der Waals surface area contributed by atoms with Crippen LogP contribution in [0, 0.1) is 13.8 Å². The molecular formula is C16H26N4O3S.